The van der Waals surface area contributed by atoms with Crippen LogP contribution in [0.25, 0.3) is 0 Å². The Morgan fingerprint density at radius 1 is 0.400 bits per heavy atom. The zero-order valence-electron chi connectivity index (χ0n) is 4.38. The second kappa shape index (κ2) is 207. The molecule has 0 heterocycles. The quantitative estimate of drug-likeness (QED) is 0.333. The van der Waals surface area contributed by atoms with Gasteiger partial charge in [-0.05, 0) is 0 Å². The maximum Gasteiger partial charge on any atom is 2.00 e. The summed E-state index contributed by atoms with van der Waals surface area (Å²) in [6.07, 6.45) is 0. The Morgan fingerprint density at radius 2 is 0.400 bits per heavy atom. The third-order valence-corrected chi connectivity index (χ3v) is 0. The zero-order valence-corrected chi connectivity index (χ0v) is 5.56. The fourth-order valence-electron chi connectivity index (χ4n) is 0. The Kier molecular flexibility index (Phi) is 17300. The Morgan fingerprint density at radius 3 is 0.400 bits per heavy atom. The van der Waals surface area contributed by atoms with Crippen molar-refractivity contribution in [1.29, 1.82) is 0 Å². The molecule has 0 saturated carbocycles. The normalized spacial score (nSPS) is 0. The second-order valence-electron chi connectivity index (χ2n) is 0. The average Bonchev–Trinajstić information content (AvgIpc) is 0. The van der Waals surface area contributed by atoms with Crippen molar-refractivity contribution in [3.05, 3.63) is 29.7 Å². The molecule has 0 aromatic rings. The first-order valence-corrected chi connectivity index (χ1v) is 0. The molecule has 0 fully saturated rings. The third kappa shape index (κ3) is 106. The van der Waals surface area contributed by atoms with E-state index in [2.05, 4.69) is 0 Å². The summed E-state index contributed by atoms with van der Waals surface area (Å²) in [4.78, 5) is 0. The van der Waals surface area contributed by atoms with Gasteiger partial charge in [0.2, 0.25) is 0 Å². The summed E-state index contributed by atoms with van der Waals surface area (Å²) in [6, 6.07) is 0. The van der Waals surface area contributed by atoms with Crippen LogP contribution in [0.3, 0.4) is 0 Å². The summed E-state index contributed by atoms with van der Waals surface area (Å²) in [5.74, 6) is 0. The van der Waals surface area contributed by atoms with Crippen molar-refractivity contribution in [2.75, 3.05) is 0 Å². The van der Waals surface area contributed by atoms with E-state index in [1.807, 2.05) is 0 Å². The van der Waals surface area contributed by atoms with Gasteiger partial charge < -0.3 is 29.7 Å². The van der Waals surface area contributed by atoms with Crippen LogP contribution in [0, 0.1) is 29.7 Å². The fraction of sp³-hybridized carbons (Fsp3) is 0. The molecule has 0 atom stereocenters. The molecule has 0 aromatic carbocycles. The van der Waals surface area contributed by atoms with E-state index in [1.165, 1.54) is 0 Å². The fourth-order valence-corrected chi connectivity index (χ4v) is 0. The number of rotatable bonds is 0. The zero-order chi connectivity index (χ0) is 0. The van der Waals surface area contributed by atoms with Crippen LogP contribution in [-0.2, 0) is 17.1 Å². The Bertz CT molecular complexity index is 3.61. The van der Waals surface area contributed by atoms with Crippen molar-refractivity contribution in [2.24, 2.45) is 0 Å². The maximum atomic E-state index is 0. The van der Waals surface area contributed by atoms with Crippen LogP contribution in [0.5, 0.6) is 0 Å². The number of hydrogen-bond acceptors (Lipinski definition) is 0. The predicted molar refractivity (Wildman–Crippen MR) is 25.7 cm³/mol. The van der Waals surface area contributed by atoms with E-state index >= 15 is 0 Å². The van der Waals surface area contributed by atoms with E-state index in [1.54, 1.807) is 0 Å². The molecule has 0 aliphatic rings. The van der Waals surface area contributed by atoms with Gasteiger partial charge in [0.15, 0.2) is 0 Å². The Hall–Kier alpha value is 0.519. The monoisotopic (exact) mass is 115 g/mol. The summed E-state index contributed by atoms with van der Waals surface area (Å²) < 4.78 is 0. The molecular formula is C4H12Mn-2. The first kappa shape index (κ1) is 418. The molecule has 0 spiro atoms. The van der Waals surface area contributed by atoms with Crippen LogP contribution >= 0.6 is 0 Å². The van der Waals surface area contributed by atoms with Gasteiger partial charge in [-0.3, -0.25) is 0 Å². The van der Waals surface area contributed by atoms with Crippen LogP contribution in [0.2, 0.25) is 0 Å². The first-order chi connectivity index (χ1) is 0. The van der Waals surface area contributed by atoms with E-state index in [-0.39, 0.29) is 46.8 Å². The third-order valence-electron chi connectivity index (χ3n) is 0. The summed E-state index contributed by atoms with van der Waals surface area (Å²) in [5.41, 5.74) is 0. The van der Waals surface area contributed by atoms with Gasteiger partial charge in [-0.1, -0.05) is 0 Å². The molecule has 0 nitrogen and oxygen atoms in total. The largest absolute Gasteiger partial charge is 2.00 e. The molecule has 0 amide bonds. The van der Waals surface area contributed by atoms with Gasteiger partial charge in [-0.15, -0.1) is 0 Å². The molecule has 0 aliphatic heterocycles. The van der Waals surface area contributed by atoms with Crippen LogP contribution in [0.1, 0.15) is 0 Å². The first-order valence-electron chi connectivity index (χ1n) is 0. The Balaban J connectivity index is 0. The van der Waals surface area contributed by atoms with Crippen molar-refractivity contribution >= 4 is 0 Å². The predicted octanol–water partition coefficient (Wildman–Crippen LogP) is 1.80. The molecular weight excluding hydrogens is 103 g/mol. The van der Waals surface area contributed by atoms with Crippen LogP contribution < -0.4 is 0 Å². The number of hydrogen-bond donors (Lipinski definition) is 0. The molecule has 0 rings (SSSR count). The van der Waals surface area contributed by atoms with E-state index in [0.717, 1.165) is 0 Å². The molecule has 0 bridgehead atoms. The van der Waals surface area contributed by atoms with E-state index in [9.17, 15) is 0 Å². The molecule has 0 N–H and O–H groups in total. The van der Waals surface area contributed by atoms with Gasteiger partial charge in [0.1, 0.15) is 0 Å². The topological polar surface area (TPSA) is 0 Å². The van der Waals surface area contributed by atoms with Gasteiger partial charge >= 0.3 is 17.1 Å². The van der Waals surface area contributed by atoms with Gasteiger partial charge in [0.05, 0.1) is 0 Å². The van der Waals surface area contributed by atoms with Crippen LogP contribution in [-0.4, -0.2) is 0 Å². The van der Waals surface area contributed by atoms with Crippen molar-refractivity contribution in [1.82, 2.24) is 0 Å². The molecule has 37 valence electrons. The van der Waals surface area contributed by atoms with E-state index in [4.69, 9.17) is 0 Å². The SMILES string of the molecule is [CH3-].[CH3-].[CH3-].[CH3-].[Mn+2]. The molecule has 1 radical (unpaired) electrons. The summed E-state index contributed by atoms with van der Waals surface area (Å²) in [6.45, 7) is 0. The van der Waals surface area contributed by atoms with E-state index < -0.39 is 0 Å². The van der Waals surface area contributed by atoms with Crippen molar-refractivity contribution in [2.45, 2.75) is 0 Å². The van der Waals surface area contributed by atoms with Crippen molar-refractivity contribution < 1.29 is 17.1 Å². The minimum atomic E-state index is 0. The van der Waals surface area contributed by atoms with Gasteiger partial charge in [-0.2, -0.15) is 0 Å². The summed E-state index contributed by atoms with van der Waals surface area (Å²) >= 11 is 0. The van der Waals surface area contributed by atoms with Gasteiger partial charge in [-0.25, -0.2) is 0 Å². The smallest absolute Gasteiger partial charge is 0.358 e. The molecule has 0 aliphatic carbocycles. The molecule has 0 saturated heterocycles. The van der Waals surface area contributed by atoms with E-state index in [0.29, 0.717) is 0 Å². The summed E-state index contributed by atoms with van der Waals surface area (Å²) in [5, 5.41) is 0. The molecule has 5 heavy (non-hydrogen) atoms. The van der Waals surface area contributed by atoms with Crippen molar-refractivity contribution in [3.8, 4) is 0 Å². The Labute approximate surface area is 47.4 Å². The van der Waals surface area contributed by atoms with Gasteiger partial charge in [0.25, 0.3) is 0 Å². The average molecular weight is 115 g/mol. The summed E-state index contributed by atoms with van der Waals surface area (Å²) in [7, 11) is 0. The van der Waals surface area contributed by atoms with Crippen LogP contribution in [0.4, 0.5) is 0 Å². The standard InChI is InChI=1S/4CH3.Mn/h4*1H3;/q4*-1;+2. The second-order valence-corrected chi connectivity index (χ2v) is 0. The van der Waals surface area contributed by atoms with Crippen molar-refractivity contribution in [3.63, 3.8) is 0 Å². The maximum absolute atomic E-state index is 0. The van der Waals surface area contributed by atoms with Crippen LogP contribution in [0.15, 0.2) is 0 Å². The molecule has 1 heteroatoms. The minimum absolute atomic E-state index is 0. The molecule has 0 aromatic heterocycles. The molecule has 0 unspecified atom stereocenters. The van der Waals surface area contributed by atoms with Gasteiger partial charge in [0, 0.05) is 0 Å². The minimum Gasteiger partial charge on any atom is -0.358 e.